The van der Waals surface area contributed by atoms with Gasteiger partial charge in [0.25, 0.3) is 0 Å². The number of hydrogen-bond acceptors (Lipinski definition) is 2. The topological polar surface area (TPSA) is 18.5 Å². The molecule has 0 bridgehead atoms. The minimum Gasteiger partial charge on any atom is -0.367 e. The highest BCUT2D eigenvalue weighted by molar-refractivity contribution is 8.53. The molecule has 0 fully saturated rings. The van der Waals surface area contributed by atoms with Crippen molar-refractivity contribution in [2.45, 2.75) is 44.9 Å². The Bertz CT molecular complexity index is 498. The molecular formula is C16H27F3O2S. The molecule has 6 heteroatoms. The van der Waals surface area contributed by atoms with Gasteiger partial charge in [-0.3, -0.25) is 0 Å². The van der Waals surface area contributed by atoms with Crippen LogP contribution in [0.5, 0.6) is 0 Å². The average Bonchev–Trinajstić information content (AvgIpc) is 2.43. The SMILES string of the molecule is CCOCS(F)(F)(F)(COCC)c1ccc(C(C)(C)C)cc1. The lowest BCUT2D eigenvalue weighted by atomic mass is 9.87. The fourth-order valence-electron chi connectivity index (χ4n) is 2.03. The van der Waals surface area contributed by atoms with Crippen molar-refractivity contribution in [3.63, 3.8) is 0 Å². The smallest absolute Gasteiger partial charge is 0.139 e. The Morgan fingerprint density at radius 1 is 0.864 bits per heavy atom. The van der Waals surface area contributed by atoms with Gasteiger partial charge in [0.2, 0.25) is 0 Å². The van der Waals surface area contributed by atoms with Gasteiger partial charge in [0.05, 0.1) is 4.90 Å². The lowest BCUT2D eigenvalue weighted by molar-refractivity contribution is 0.148. The van der Waals surface area contributed by atoms with Gasteiger partial charge in [0, 0.05) is 13.2 Å². The molecule has 2 nitrogen and oxygen atoms in total. The second kappa shape index (κ2) is 5.73. The molecule has 22 heavy (non-hydrogen) atoms. The number of halogens is 3. The molecule has 0 heterocycles. The first kappa shape index (κ1) is 19.3. The van der Waals surface area contributed by atoms with Crippen LogP contribution in [0.2, 0.25) is 0 Å². The van der Waals surface area contributed by atoms with Crippen LogP contribution >= 0.6 is 9.45 Å². The third-order valence-electron chi connectivity index (χ3n) is 3.45. The highest BCUT2D eigenvalue weighted by Crippen LogP contribution is 2.98. The molecule has 0 amide bonds. The first-order valence-electron chi connectivity index (χ1n) is 7.38. The summed E-state index contributed by atoms with van der Waals surface area (Å²) in [6.07, 6.45) is 0. The van der Waals surface area contributed by atoms with Crippen molar-refractivity contribution in [1.29, 1.82) is 0 Å². The molecule has 1 rings (SSSR count). The van der Waals surface area contributed by atoms with Gasteiger partial charge in [0.1, 0.15) is 21.3 Å². The van der Waals surface area contributed by atoms with E-state index in [1.54, 1.807) is 26.0 Å². The quantitative estimate of drug-likeness (QED) is 0.619. The summed E-state index contributed by atoms with van der Waals surface area (Å²) in [6.45, 7) is 9.06. The van der Waals surface area contributed by atoms with Crippen molar-refractivity contribution in [2.24, 2.45) is 0 Å². The molecule has 0 spiro atoms. The zero-order chi connectivity index (χ0) is 17.1. The Morgan fingerprint density at radius 2 is 1.27 bits per heavy atom. The summed E-state index contributed by atoms with van der Waals surface area (Å²) in [5.74, 6) is -2.52. The predicted octanol–water partition coefficient (Wildman–Crippen LogP) is 5.86. The van der Waals surface area contributed by atoms with Crippen LogP contribution in [0, 0.1) is 0 Å². The van der Waals surface area contributed by atoms with E-state index < -0.39 is 26.2 Å². The first-order valence-corrected chi connectivity index (χ1v) is 9.87. The largest absolute Gasteiger partial charge is 0.367 e. The summed E-state index contributed by atoms with van der Waals surface area (Å²) in [5, 5.41) is 0. The van der Waals surface area contributed by atoms with Gasteiger partial charge in [-0.2, -0.15) is 0 Å². The predicted molar refractivity (Wildman–Crippen MR) is 87.3 cm³/mol. The maximum Gasteiger partial charge on any atom is 0.139 e. The molecule has 0 saturated heterocycles. The highest BCUT2D eigenvalue weighted by Gasteiger charge is 2.64. The van der Waals surface area contributed by atoms with Crippen LogP contribution in [0.4, 0.5) is 11.7 Å². The molecule has 130 valence electrons. The van der Waals surface area contributed by atoms with Gasteiger partial charge < -0.3 is 9.47 Å². The summed E-state index contributed by atoms with van der Waals surface area (Å²) < 4.78 is 55.3. The molecule has 0 aliphatic carbocycles. The molecule has 0 unspecified atom stereocenters. The molecule has 0 aliphatic heterocycles. The summed E-state index contributed by atoms with van der Waals surface area (Å²) in [4.78, 5) is -0.630. The van der Waals surface area contributed by atoms with E-state index in [4.69, 9.17) is 9.47 Å². The Hall–Kier alpha value is -0.720. The van der Waals surface area contributed by atoms with Crippen molar-refractivity contribution in [3.8, 4) is 0 Å². The van der Waals surface area contributed by atoms with Crippen LogP contribution in [-0.4, -0.2) is 25.1 Å². The maximum atomic E-state index is 15.2. The number of benzene rings is 1. The van der Waals surface area contributed by atoms with Crippen LogP contribution in [0.3, 0.4) is 0 Å². The molecule has 0 radical (unpaired) electrons. The van der Waals surface area contributed by atoms with Crippen LogP contribution < -0.4 is 0 Å². The summed E-state index contributed by atoms with van der Waals surface area (Å²) in [6, 6.07) is 5.43. The fourth-order valence-corrected chi connectivity index (χ4v) is 4.31. The Morgan fingerprint density at radius 3 is 1.59 bits per heavy atom. The monoisotopic (exact) mass is 340 g/mol. The lowest BCUT2D eigenvalue weighted by Gasteiger charge is -2.56. The van der Waals surface area contributed by atoms with E-state index in [1.807, 2.05) is 20.8 Å². The van der Waals surface area contributed by atoms with Gasteiger partial charge in [0.15, 0.2) is 0 Å². The molecule has 0 atom stereocenters. The first-order chi connectivity index (χ1) is 9.87. The van der Waals surface area contributed by atoms with E-state index in [-0.39, 0.29) is 18.6 Å². The Balaban J connectivity index is 3.33. The molecule has 0 aliphatic rings. The lowest BCUT2D eigenvalue weighted by Crippen LogP contribution is -2.31. The Kier molecular flexibility index (Phi) is 5.03. The zero-order valence-corrected chi connectivity index (χ0v) is 14.8. The molecule has 1 aromatic rings. The van der Waals surface area contributed by atoms with Crippen LogP contribution in [0.15, 0.2) is 29.2 Å². The van der Waals surface area contributed by atoms with E-state index in [0.717, 1.165) is 5.56 Å². The molecule has 1 aromatic carbocycles. The van der Waals surface area contributed by atoms with Crippen LogP contribution in [-0.2, 0) is 14.9 Å². The van der Waals surface area contributed by atoms with Crippen molar-refractivity contribution >= 4 is 9.45 Å². The molecular weight excluding hydrogens is 313 g/mol. The third-order valence-corrected chi connectivity index (χ3v) is 6.36. The van der Waals surface area contributed by atoms with Crippen molar-refractivity contribution in [2.75, 3.05) is 25.1 Å². The summed E-state index contributed by atoms with van der Waals surface area (Å²) in [7, 11) is -7.13. The van der Waals surface area contributed by atoms with E-state index in [1.165, 1.54) is 12.1 Å². The number of hydrogen-bond donors (Lipinski definition) is 0. The second-order valence-electron chi connectivity index (χ2n) is 6.55. The van der Waals surface area contributed by atoms with Gasteiger partial charge in [-0.05, 0) is 37.0 Å². The second-order valence-corrected chi connectivity index (χ2v) is 10.6. The van der Waals surface area contributed by atoms with Gasteiger partial charge >= 0.3 is 0 Å². The fraction of sp³-hybridized carbons (Fsp3) is 0.625. The molecule has 0 aromatic heterocycles. The van der Waals surface area contributed by atoms with Crippen molar-refractivity contribution < 1.29 is 21.1 Å². The van der Waals surface area contributed by atoms with Gasteiger partial charge in [-0.15, -0.1) is 11.7 Å². The minimum atomic E-state index is -7.13. The standard InChI is InChI=1S/C16H27F3O2S/c1-6-20-12-22(17,18,19,13-21-7-2)15-10-8-14(9-11-15)16(3,4)5/h8-11H,6-7,12-13H2,1-5H3. The van der Waals surface area contributed by atoms with E-state index >= 15 is 11.7 Å². The van der Waals surface area contributed by atoms with E-state index in [0.29, 0.717) is 0 Å². The number of ether oxygens (including phenoxy) is 2. The summed E-state index contributed by atoms with van der Waals surface area (Å²) in [5.41, 5.74) is 0.674. The number of rotatable bonds is 7. The Labute approximate surface area is 131 Å². The van der Waals surface area contributed by atoms with Gasteiger partial charge in [-0.1, -0.05) is 32.9 Å². The van der Waals surface area contributed by atoms with Crippen molar-refractivity contribution in [1.82, 2.24) is 0 Å². The normalized spacial score (nSPS) is 16.2. The molecule has 0 saturated carbocycles. The van der Waals surface area contributed by atoms with E-state index in [2.05, 4.69) is 0 Å². The van der Waals surface area contributed by atoms with Crippen LogP contribution in [0.25, 0.3) is 0 Å². The van der Waals surface area contributed by atoms with E-state index in [9.17, 15) is 0 Å². The summed E-state index contributed by atoms with van der Waals surface area (Å²) >= 11 is 0. The minimum absolute atomic E-state index is 0.0178. The molecule has 0 N–H and O–H groups in total. The van der Waals surface area contributed by atoms with Gasteiger partial charge in [-0.25, -0.2) is 0 Å². The maximum absolute atomic E-state index is 15.2. The van der Waals surface area contributed by atoms with Crippen molar-refractivity contribution in [3.05, 3.63) is 29.8 Å². The highest BCUT2D eigenvalue weighted by atomic mass is 32.4. The zero-order valence-electron chi connectivity index (χ0n) is 14.0. The van der Waals surface area contributed by atoms with Crippen LogP contribution in [0.1, 0.15) is 40.2 Å². The third kappa shape index (κ3) is 4.18. The average molecular weight is 340 g/mol.